The van der Waals surface area contributed by atoms with Crippen LogP contribution in [-0.4, -0.2) is 18.6 Å². The van der Waals surface area contributed by atoms with Gasteiger partial charge in [-0.05, 0) is 55.9 Å². The predicted octanol–water partition coefficient (Wildman–Crippen LogP) is 4.21. The van der Waals surface area contributed by atoms with Crippen LogP contribution in [0.2, 0.25) is 0 Å². The van der Waals surface area contributed by atoms with E-state index >= 15 is 0 Å². The molecular weight excluding hydrogens is 298 g/mol. The van der Waals surface area contributed by atoms with Gasteiger partial charge in [0.1, 0.15) is 5.75 Å². The van der Waals surface area contributed by atoms with E-state index in [1.807, 2.05) is 57.2 Å². The predicted molar refractivity (Wildman–Crippen MR) is 98.4 cm³/mol. The van der Waals surface area contributed by atoms with E-state index in [9.17, 15) is 4.79 Å². The number of benzene rings is 2. The molecule has 1 N–H and O–H groups in total. The van der Waals surface area contributed by atoms with E-state index in [0.717, 1.165) is 29.7 Å². The van der Waals surface area contributed by atoms with Crippen molar-refractivity contribution in [3.63, 3.8) is 0 Å². The summed E-state index contributed by atoms with van der Waals surface area (Å²) >= 11 is 0. The number of nitrogens with one attached hydrogen (secondary N) is 1. The standard InChI is InChI=1S/C21H27NO2/c1-4-19(24-20-15-16(2)12-13-17(20)3)21(23)22-14-8-11-18-9-6-5-7-10-18/h5-7,9-10,12-13,15,19H,4,8,11,14H2,1-3H3,(H,22,23). The lowest BCUT2D eigenvalue weighted by atomic mass is 10.1. The highest BCUT2D eigenvalue weighted by atomic mass is 16.5. The number of rotatable bonds is 8. The zero-order valence-electron chi connectivity index (χ0n) is 14.8. The van der Waals surface area contributed by atoms with E-state index in [-0.39, 0.29) is 5.91 Å². The molecule has 2 aromatic carbocycles. The Morgan fingerprint density at radius 2 is 1.88 bits per heavy atom. The van der Waals surface area contributed by atoms with Gasteiger partial charge in [-0.3, -0.25) is 4.79 Å². The number of aryl methyl sites for hydroxylation is 3. The van der Waals surface area contributed by atoms with Crippen LogP contribution in [0.25, 0.3) is 0 Å². The quantitative estimate of drug-likeness (QED) is 0.738. The fourth-order valence-corrected chi connectivity index (χ4v) is 2.57. The number of carbonyl (C=O) groups is 1. The van der Waals surface area contributed by atoms with E-state index in [2.05, 4.69) is 17.4 Å². The minimum Gasteiger partial charge on any atom is -0.480 e. The van der Waals surface area contributed by atoms with Gasteiger partial charge in [-0.25, -0.2) is 0 Å². The highest BCUT2D eigenvalue weighted by Crippen LogP contribution is 2.21. The van der Waals surface area contributed by atoms with Crippen molar-refractivity contribution in [3.8, 4) is 5.75 Å². The number of hydrogen-bond acceptors (Lipinski definition) is 2. The molecule has 0 fully saturated rings. The van der Waals surface area contributed by atoms with Crippen LogP contribution < -0.4 is 10.1 Å². The van der Waals surface area contributed by atoms with Gasteiger partial charge in [0.15, 0.2) is 6.10 Å². The van der Waals surface area contributed by atoms with Gasteiger partial charge in [-0.2, -0.15) is 0 Å². The topological polar surface area (TPSA) is 38.3 Å². The first-order valence-electron chi connectivity index (χ1n) is 8.65. The van der Waals surface area contributed by atoms with Gasteiger partial charge >= 0.3 is 0 Å². The van der Waals surface area contributed by atoms with Gasteiger partial charge in [-0.15, -0.1) is 0 Å². The molecule has 0 aliphatic heterocycles. The second kappa shape index (κ2) is 9.11. The van der Waals surface area contributed by atoms with Crippen LogP contribution in [0.4, 0.5) is 0 Å². The van der Waals surface area contributed by atoms with Gasteiger partial charge in [0.05, 0.1) is 0 Å². The van der Waals surface area contributed by atoms with Crippen molar-refractivity contribution in [3.05, 3.63) is 65.2 Å². The molecule has 0 spiro atoms. The van der Waals surface area contributed by atoms with Crippen LogP contribution in [0.5, 0.6) is 5.75 Å². The van der Waals surface area contributed by atoms with Crippen molar-refractivity contribution >= 4 is 5.91 Å². The highest BCUT2D eigenvalue weighted by Gasteiger charge is 2.18. The Bertz CT molecular complexity index is 652. The molecular formula is C21H27NO2. The summed E-state index contributed by atoms with van der Waals surface area (Å²) in [6.45, 7) is 6.66. The van der Waals surface area contributed by atoms with Crippen LogP contribution in [0.3, 0.4) is 0 Å². The molecule has 24 heavy (non-hydrogen) atoms. The molecule has 0 saturated heterocycles. The molecule has 0 heterocycles. The van der Waals surface area contributed by atoms with Crippen molar-refractivity contribution in [2.24, 2.45) is 0 Å². The Kier molecular flexibility index (Phi) is 6.86. The first-order chi connectivity index (χ1) is 11.6. The molecule has 0 radical (unpaired) electrons. The molecule has 2 aromatic rings. The number of ether oxygens (including phenoxy) is 1. The van der Waals surface area contributed by atoms with E-state index in [4.69, 9.17) is 4.74 Å². The largest absolute Gasteiger partial charge is 0.480 e. The molecule has 1 unspecified atom stereocenters. The highest BCUT2D eigenvalue weighted by molar-refractivity contribution is 5.81. The fraction of sp³-hybridized carbons (Fsp3) is 0.381. The third-order valence-electron chi connectivity index (χ3n) is 4.06. The van der Waals surface area contributed by atoms with Crippen LogP contribution in [-0.2, 0) is 11.2 Å². The molecule has 0 aliphatic rings. The van der Waals surface area contributed by atoms with Crippen LogP contribution >= 0.6 is 0 Å². The molecule has 0 aliphatic carbocycles. The third kappa shape index (κ3) is 5.41. The van der Waals surface area contributed by atoms with E-state index < -0.39 is 6.10 Å². The van der Waals surface area contributed by atoms with Gasteiger partial charge in [0.2, 0.25) is 0 Å². The molecule has 2 rings (SSSR count). The minimum absolute atomic E-state index is 0.0357. The summed E-state index contributed by atoms with van der Waals surface area (Å²) in [6.07, 6.45) is 2.10. The van der Waals surface area contributed by atoms with Crippen LogP contribution in [0, 0.1) is 13.8 Å². The Balaban J connectivity index is 1.81. The van der Waals surface area contributed by atoms with E-state index in [0.29, 0.717) is 13.0 Å². The normalized spacial score (nSPS) is 11.8. The fourth-order valence-electron chi connectivity index (χ4n) is 2.57. The lowest BCUT2D eigenvalue weighted by Crippen LogP contribution is -2.38. The summed E-state index contributed by atoms with van der Waals surface area (Å²) in [4.78, 5) is 12.4. The zero-order valence-corrected chi connectivity index (χ0v) is 14.8. The Morgan fingerprint density at radius 1 is 1.12 bits per heavy atom. The minimum atomic E-state index is -0.442. The smallest absolute Gasteiger partial charge is 0.261 e. The van der Waals surface area contributed by atoms with E-state index in [1.165, 1.54) is 5.56 Å². The van der Waals surface area contributed by atoms with Gasteiger partial charge < -0.3 is 10.1 Å². The maximum Gasteiger partial charge on any atom is 0.261 e. The molecule has 1 amide bonds. The summed E-state index contributed by atoms with van der Waals surface area (Å²) in [5.74, 6) is 0.757. The average molecular weight is 325 g/mol. The van der Waals surface area contributed by atoms with Crippen LogP contribution in [0.1, 0.15) is 36.5 Å². The van der Waals surface area contributed by atoms with Crippen molar-refractivity contribution < 1.29 is 9.53 Å². The van der Waals surface area contributed by atoms with Gasteiger partial charge in [0.25, 0.3) is 5.91 Å². The van der Waals surface area contributed by atoms with Gasteiger partial charge in [-0.1, -0.05) is 49.4 Å². The molecule has 1 atom stereocenters. The molecule has 128 valence electrons. The first-order valence-corrected chi connectivity index (χ1v) is 8.65. The number of carbonyl (C=O) groups excluding carboxylic acids is 1. The first kappa shape index (κ1) is 18.1. The van der Waals surface area contributed by atoms with E-state index in [1.54, 1.807) is 0 Å². The zero-order chi connectivity index (χ0) is 17.4. The van der Waals surface area contributed by atoms with Crippen molar-refractivity contribution in [1.82, 2.24) is 5.32 Å². The Morgan fingerprint density at radius 3 is 2.58 bits per heavy atom. The van der Waals surface area contributed by atoms with Crippen molar-refractivity contribution in [2.45, 2.75) is 46.1 Å². The average Bonchev–Trinajstić information content (AvgIpc) is 2.60. The summed E-state index contributed by atoms with van der Waals surface area (Å²) in [5, 5.41) is 2.99. The molecule has 0 saturated carbocycles. The molecule has 3 heteroatoms. The SMILES string of the molecule is CCC(Oc1cc(C)ccc1C)C(=O)NCCCc1ccccc1. The van der Waals surface area contributed by atoms with Crippen LogP contribution in [0.15, 0.2) is 48.5 Å². The summed E-state index contributed by atoms with van der Waals surface area (Å²) < 4.78 is 5.94. The molecule has 0 bridgehead atoms. The summed E-state index contributed by atoms with van der Waals surface area (Å²) in [6, 6.07) is 16.4. The maximum absolute atomic E-state index is 12.4. The third-order valence-corrected chi connectivity index (χ3v) is 4.06. The monoisotopic (exact) mass is 325 g/mol. The maximum atomic E-state index is 12.4. The summed E-state index contributed by atoms with van der Waals surface area (Å²) in [5.41, 5.74) is 3.48. The Labute approximate surface area is 145 Å². The lowest BCUT2D eigenvalue weighted by molar-refractivity contribution is -0.128. The van der Waals surface area contributed by atoms with Crippen molar-refractivity contribution in [1.29, 1.82) is 0 Å². The summed E-state index contributed by atoms with van der Waals surface area (Å²) in [7, 11) is 0. The number of amides is 1. The second-order valence-corrected chi connectivity index (χ2v) is 6.16. The Hall–Kier alpha value is -2.29. The second-order valence-electron chi connectivity index (χ2n) is 6.16. The molecule has 0 aromatic heterocycles. The lowest BCUT2D eigenvalue weighted by Gasteiger charge is -2.19. The van der Waals surface area contributed by atoms with Gasteiger partial charge in [0, 0.05) is 6.54 Å². The number of hydrogen-bond donors (Lipinski definition) is 1. The molecule has 3 nitrogen and oxygen atoms in total. The van der Waals surface area contributed by atoms with Crippen molar-refractivity contribution in [2.75, 3.05) is 6.54 Å².